The predicted molar refractivity (Wildman–Crippen MR) is 178 cm³/mol. The number of anilines is 1. The average Bonchev–Trinajstić information content (AvgIpc) is 3.80. The van der Waals surface area contributed by atoms with Crippen LogP contribution in [0, 0.1) is 5.82 Å². The van der Waals surface area contributed by atoms with E-state index in [1.165, 1.54) is 18.9 Å². The van der Waals surface area contributed by atoms with Crippen molar-refractivity contribution in [2.24, 2.45) is 0 Å². The summed E-state index contributed by atoms with van der Waals surface area (Å²) in [6.07, 6.45) is 7.94. The second-order valence-corrected chi connectivity index (χ2v) is 11.9. The molecular formula is C35H37FN8O. The number of rotatable bonds is 11. The Morgan fingerprint density at radius 3 is 2.69 bits per heavy atom. The van der Waals surface area contributed by atoms with Crippen LogP contribution >= 0.6 is 0 Å². The summed E-state index contributed by atoms with van der Waals surface area (Å²) in [6.45, 7) is 5.45. The maximum absolute atomic E-state index is 14.7. The van der Waals surface area contributed by atoms with E-state index in [2.05, 4.69) is 52.4 Å². The molecule has 1 aliphatic rings. The summed E-state index contributed by atoms with van der Waals surface area (Å²) in [5.41, 5.74) is 7.64. The molecule has 1 saturated heterocycles. The molecule has 7 rings (SSSR count). The number of hydrogen-bond acceptors (Lipinski definition) is 7. The first kappa shape index (κ1) is 28.9. The largest absolute Gasteiger partial charge is 0.491 e. The van der Waals surface area contributed by atoms with Crippen LogP contribution in [0.4, 0.5) is 10.1 Å². The predicted octanol–water partition coefficient (Wildman–Crippen LogP) is 6.42. The lowest BCUT2D eigenvalue weighted by Crippen LogP contribution is -2.25. The molecule has 1 aliphatic heterocycles. The molecule has 3 N–H and O–H groups in total. The molecule has 5 heterocycles. The summed E-state index contributed by atoms with van der Waals surface area (Å²) < 4.78 is 20.8. The van der Waals surface area contributed by atoms with Crippen molar-refractivity contribution in [1.82, 2.24) is 34.9 Å². The summed E-state index contributed by atoms with van der Waals surface area (Å²) in [5, 5.41) is 12.9. The summed E-state index contributed by atoms with van der Waals surface area (Å²) in [4.78, 5) is 17.1. The van der Waals surface area contributed by atoms with E-state index in [0.717, 1.165) is 94.1 Å². The maximum Gasteiger partial charge on any atom is 0.181 e. The van der Waals surface area contributed by atoms with E-state index in [0.29, 0.717) is 12.3 Å². The number of halogens is 1. The minimum absolute atomic E-state index is 0.277. The lowest BCUT2D eigenvalue weighted by atomic mass is 10.0. The number of fused-ring (bicyclic) bond motifs is 2. The van der Waals surface area contributed by atoms with Crippen molar-refractivity contribution in [3.05, 3.63) is 79.0 Å². The molecule has 0 unspecified atom stereocenters. The van der Waals surface area contributed by atoms with Crippen LogP contribution in [-0.4, -0.2) is 88.4 Å². The topological polar surface area (TPSA) is 98.0 Å². The number of benzene rings is 2. The zero-order chi connectivity index (χ0) is 30.8. The van der Waals surface area contributed by atoms with E-state index in [9.17, 15) is 4.39 Å². The number of likely N-dealkylation sites (tertiary alicyclic amines) is 1. The highest BCUT2D eigenvalue weighted by atomic mass is 19.1. The number of hydrogen-bond donors (Lipinski definition) is 3. The van der Waals surface area contributed by atoms with Crippen molar-refractivity contribution in [1.29, 1.82) is 0 Å². The van der Waals surface area contributed by atoms with Gasteiger partial charge in [-0.2, -0.15) is 5.10 Å². The molecule has 45 heavy (non-hydrogen) atoms. The molecule has 0 radical (unpaired) electrons. The Bertz CT molecular complexity index is 1940. The molecule has 0 aliphatic carbocycles. The second-order valence-electron chi connectivity index (χ2n) is 11.9. The first-order valence-corrected chi connectivity index (χ1v) is 15.5. The fourth-order valence-corrected chi connectivity index (χ4v) is 6.03. The van der Waals surface area contributed by atoms with Crippen LogP contribution in [0.5, 0.6) is 5.75 Å². The monoisotopic (exact) mass is 604 g/mol. The molecule has 0 spiro atoms. The molecule has 1 fully saturated rings. The van der Waals surface area contributed by atoms with E-state index in [-0.39, 0.29) is 5.82 Å². The van der Waals surface area contributed by atoms with Gasteiger partial charge in [-0.3, -0.25) is 15.0 Å². The van der Waals surface area contributed by atoms with Crippen molar-refractivity contribution >= 4 is 27.6 Å². The standard InChI is InChI=1S/C35H37FN8O/c1-43(2)11-8-38-27-15-23(14-26(36)18-27)29-6-5-7-32-30(29)19-33(40-32)34-31-17-25(21-39-35(31)42-41-34)24-16-28(22-37-20-24)45-13-12-44-9-3-4-10-44/h5-7,14-22,38,40H,3-4,8-13H2,1-2H3,(H,39,41,42). The van der Waals surface area contributed by atoms with Crippen molar-refractivity contribution < 1.29 is 9.13 Å². The van der Waals surface area contributed by atoms with Crippen molar-refractivity contribution in [2.75, 3.05) is 58.7 Å². The van der Waals surface area contributed by atoms with Gasteiger partial charge in [0.2, 0.25) is 0 Å². The lowest BCUT2D eigenvalue weighted by Gasteiger charge is -2.15. The summed E-state index contributed by atoms with van der Waals surface area (Å²) in [5.74, 6) is 0.470. The number of aromatic amines is 2. The van der Waals surface area contributed by atoms with Crippen molar-refractivity contribution in [3.63, 3.8) is 0 Å². The van der Waals surface area contributed by atoms with Crippen molar-refractivity contribution in [2.45, 2.75) is 12.8 Å². The molecule has 0 saturated carbocycles. The second kappa shape index (κ2) is 12.7. The third-order valence-electron chi connectivity index (χ3n) is 8.36. The quantitative estimate of drug-likeness (QED) is 0.157. The molecule has 0 amide bonds. The molecule has 4 aromatic heterocycles. The zero-order valence-electron chi connectivity index (χ0n) is 25.6. The van der Waals surface area contributed by atoms with Crippen molar-refractivity contribution in [3.8, 4) is 39.4 Å². The van der Waals surface area contributed by atoms with Crippen LogP contribution in [0.3, 0.4) is 0 Å². The first-order valence-electron chi connectivity index (χ1n) is 15.5. The number of nitrogens with zero attached hydrogens (tertiary/aromatic N) is 5. The fourth-order valence-electron chi connectivity index (χ4n) is 6.03. The highest BCUT2D eigenvalue weighted by Gasteiger charge is 2.16. The Balaban J connectivity index is 1.17. The Hall–Kier alpha value is -4.80. The molecule has 0 bridgehead atoms. The van der Waals surface area contributed by atoms with E-state index in [4.69, 9.17) is 4.74 Å². The Kier molecular flexibility index (Phi) is 8.15. The van der Waals surface area contributed by atoms with E-state index in [1.807, 2.05) is 56.8 Å². The Morgan fingerprint density at radius 2 is 1.82 bits per heavy atom. The highest BCUT2D eigenvalue weighted by Crippen LogP contribution is 2.36. The normalized spacial score (nSPS) is 13.8. The van der Waals surface area contributed by atoms with Gasteiger partial charge in [0.15, 0.2) is 5.65 Å². The SMILES string of the molecule is CN(C)CCNc1cc(F)cc(-c2cccc3[nH]c(-c4[nH]nc5ncc(-c6cncc(OCCN7CCCC7)c6)cc45)cc23)c1. The third-order valence-corrected chi connectivity index (χ3v) is 8.36. The van der Waals surface area contributed by atoms with Crippen LogP contribution in [0.15, 0.2) is 73.2 Å². The summed E-state index contributed by atoms with van der Waals surface area (Å²) in [6, 6.07) is 17.3. The molecule has 9 nitrogen and oxygen atoms in total. The van der Waals surface area contributed by atoms with E-state index < -0.39 is 0 Å². The van der Waals surface area contributed by atoms with Crippen LogP contribution in [0.25, 0.3) is 55.6 Å². The number of ether oxygens (including phenoxy) is 1. The van der Waals surface area contributed by atoms with E-state index in [1.54, 1.807) is 12.3 Å². The highest BCUT2D eigenvalue weighted by molar-refractivity contribution is 6.01. The fraction of sp³-hybridized carbons (Fsp3) is 0.286. The number of likely N-dealkylation sites (N-methyl/N-ethyl adjacent to an activating group) is 1. The molecule has 0 atom stereocenters. The molecule has 230 valence electrons. The first-order chi connectivity index (χ1) is 22.0. The molecular weight excluding hydrogens is 567 g/mol. The van der Waals surface area contributed by atoms with Gasteiger partial charge >= 0.3 is 0 Å². The Morgan fingerprint density at radius 1 is 0.956 bits per heavy atom. The minimum atomic E-state index is -0.277. The van der Waals surface area contributed by atoms with Gasteiger partial charge < -0.3 is 19.9 Å². The molecule has 10 heteroatoms. The van der Waals surface area contributed by atoms with Gasteiger partial charge in [0, 0.05) is 65.1 Å². The number of pyridine rings is 2. The van der Waals surface area contributed by atoms with Gasteiger partial charge in [0.1, 0.15) is 18.2 Å². The zero-order valence-corrected chi connectivity index (χ0v) is 25.6. The van der Waals surface area contributed by atoms with Gasteiger partial charge in [0.25, 0.3) is 0 Å². The number of aromatic nitrogens is 5. The number of nitrogens with one attached hydrogen (secondary N) is 3. The van der Waals surface area contributed by atoms with Crippen LogP contribution in [-0.2, 0) is 0 Å². The third kappa shape index (κ3) is 6.38. The van der Waals surface area contributed by atoms with E-state index >= 15 is 0 Å². The van der Waals surface area contributed by atoms with Crippen LogP contribution < -0.4 is 10.1 Å². The minimum Gasteiger partial charge on any atom is -0.491 e. The van der Waals surface area contributed by atoms with Gasteiger partial charge in [0.05, 0.1) is 17.6 Å². The number of H-pyrrole nitrogens is 2. The van der Waals surface area contributed by atoms with Gasteiger partial charge in [-0.15, -0.1) is 0 Å². The van der Waals surface area contributed by atoms with Gasteiger partial charge in [-0.1, -0.05) is 12.1 Å². The van der Waals surface area contributed by atoms with Gasteiger partial charge in [-0.05, 0) is 93.6 Å². The Labute approximate surface area is 261 Å². The molecule has 2 aromatic carbocycles. The lowest BCUT2D eigenvalue weighted by molar-refractivity contribution is 0.237. The van der Waals surface area contributed by atoms with Crippen LogP contribution in [0.2, 0.25) is 0 Å². The average molecular weight is 605 g/mol. The van der Waals surface area contributed by atoms with Gasteiger partial charge in [-0.25, -0.2) is 9.37 Å². The van der Waals surface area contributed by atoms with Crippen LogP contribution in [0.1, 0.15) is 12.8 Å². The molecule has 6 aromatic rings. The maximum atomic E-state index is 14.7. The summed E-state index contributed by atoms with van der Waals surface area (Å²) >= 11 is 0. The smallest absolute Gasteiger partial charge is 0.181 e. The summed E-state index contributed by atoms with van der Waals surface area (Å²) in [7, 11) is 4.04.